The van der Waals surface area contributed by atoms with Crippen LogP contribution in [0.4, 0.5) is 4.79 Å². The molecule has 1 saturated heterocycles. The molecule has 2 rings (SSSR count). The second-order valence-corrected chi connectivity index (χ2v) is 5.62. The van der Waals surface area contributed by atoms with Crippen molar-refractivity contribution in [2.75, 3.05) is 13.6 Å². The van der Waals surface area contributed by atoms with Crippen LogP contribution in [0.15, 0.2) is 33.6 Å². The highest BCUT2D eigenvalue weighted by atomic mass is 32.2. The minimum absolute atomic E-state index is 0.119. The first kappa shape index (κ1) is 12.6. The minimum atomic E-state index is -3.76. The molecule has 1 aromatic carbocycles. The summed E-state index contributed by atoms with van der Waals surface area (Å²) in [5.74, 6) is 0.195. The predicted molar refractivity (Wildman–Crippen MR) is 67.0 cm³/mol. The lowest BCUT2D eigenvalue weighted by Gasteiger charge is -2.07. The van der Waals surface area contributed by atoms with E-state index in [0.717, 1.165) is 5.56 Å². The van der Waals surface area contributed by atoms with Crippen LogP contribution < -0.4 is 5.32 Å². The molecule has 0 spiro atoms. The molecule has 96 valence electrons. The van der Waals surface area contributed by atoms with Gasteiger partial charge in [-0.3, -0.25) is 4.90 Å². The van der Waals surface area contributed by atoms with E-state index in [0.29, 0.717) is 0 Å². The second kappa shape index (κ2) is 4.41. The summed E-state index contributed by atoms with van der Waals surface area (Å²) in [6, 6.07) is 6.05. The van der Waals surface area contributed by atoms with Gasteiger partial charge in [-0.1, -0.05) is 17.7 Å². The number of nitrogens with one attached hydrogen (secondary N) is 1. The molecular weight excluding hydrogens is 254 g/mol. The van der Waals surface area contributed by atoms with Crippen LogP contribution in [0.3, 0.4) is 0 Å². The largest absolute Gasteiger partial charge is 0.330 e. The quantitative estimate of drug-likeness (QED) is 0.858. The molecule has 0 aliphatic carbocycles. The lowest BCUT2D eigenvalue weighted by atomic mass is 10.2. The first-order valence-electron chi connectivity index (χ1n) is 5.32. The van der Waals surface area contributed by atoms with Gasteiger partial charge in [-0.15, -0.1) is 4.40 Å². The van der Waals surface area contributed by atoms with Gasteiger partial charge in [-0.2, -0.15) is 8.42 Å². The Kier molecular flexibility index (Phi) is 3.08. The Labute approximate surface area is 105 Å². The SMILES string of the molecule is Cc1ccc(S(=O)(=O)N=C2CNC(=O)N2C)cc1. The van der Waals surface area contributed by atoms with Gasteiger partial charge in [0.15, 0.2) is 0 Å². The third kappa shape index (κ3) is 2.35. The molecule has 1 fully saturated rings. The zero-order chi connectivity index (χ0) is 13.3. The highest BCUT2D eigenvalue weighted by Gasteiger charge is 2.25. The van der Waals surface area contributed by atoms with Gasteiger partial charge in [0.25, 0.3) is 10.0 Å². The number of amidine groups is 1. The van der Waals surface area contributed by atoms with Crippen molar-refractivity contribution in [3.8, 4) is 0 Å². The molecule has 1 heterocycles. The average Bonchev–Trinajstić information content (AvgIpc) is 2.61. The Morgan fingerprint density at radius 2 is 1.89 bits per heavy atom. The molecule has 18 heavy (non-hydrogen) atoms. The summed E-state index contributed by atoms with van der Waals surface area (Å²) in [6.07, 6.45) is 0. The van der Waals surface area contributed by atoms with E-state index < -0.39 is 10.0 Å². The number of benzene rings is 1. The van der Waals surface area contributed by atoms with Gasteiger partial charge in [0.2, 0.25) is 0 Å². The summed E-state index contributed by atoms with van der Waals surface area (Å²) < 4.78 is 27.7. The first-order chi connectivity index (χ1) is 8.40. The zero-order valence-electron chi connectivity index (χ0n) is 10.0. The summed E-state index contributed by atoms with van der Waals surface area (Å²) in [6.45, 7) is 2.00. The highest BCUT2D eigenvalue weighted by molar-refractivity contribution is 7.90. The summed E-state index contributed by atoms with van der Waals surface area (Å²) >= 11 is 0. The van der Waals surface area contributed by atoms with Gasteiger partial charge in [-0.25, -0.2) is 4.79 Å². The normalized spacial score (nSPS) is 18.2. The number of amides is 2. The van der Waals surface area contributed by atoms with Gasteiger partial charge in [0, 0.05) is 7.05 Å². The van der Waals surface area contributed by atoms with Crippen molar-refractivity contribution in [1.82, 2.24) is 10.2 Å². The average molecular weight is 267 g/mol. The van der Waals surface area contributed by atoms with Gasteiger partial charge in [-0.05, 0) is 19.1 Å². The van der Waals surface area contributed by atoms with Crippen molar-refractivity contribution in [3.63, 3.8) is 0 Å². The van der Waals surface area contributed by atoms with E-state index in [-0.39, 0.29) is 23.3 Å². The van der Waals surface area contributed by atoms with E-state index in [4.69, 9.17) is 0 Å². The number of aryl methyl sites for hydroxylation is 1. The van der Waals surface area contributed by atoms with E-state index in [2.05, 4.69) is 9.71 Å². The van der Waals surface area contributed by atoms with Crippen LogP contribution in [0, 0.1) is 6.92 Å². The molecule has 6 nitrogen and oxygen atoms in total. The number of carbonyl (C=O) groups is 1. The maximum Gasteiger partial charge on any atom is 0.322 e. The molecule has 0 saturated carbocycles. The molecule has 1 aliphatic heterocycles. The van der Waals surface area contributed by atoms with Crippen LogP contribution in [-0.2, 0) is 10.0 Å². The number of hydrogen-bond acceptors (Lipinski definition) is 3. The van der Waals surface area contributed by atoms with Crippen molar-refractivity contribution in [1.29, 1.82) is 0 Å². The lowest BCUT2D eigenvalue weighted by Crippen LogP contribution is -2.26. The van der Waals surface area contributed by atoms with Crippen molar-refractivity contribution in [3.05, 3.63) is 29.8 Å². The molecule has 0 atom stereocenters. The third-order valence-electron chi connectivity index (χ3n) is 2.63. The van der Waals surface area contributed by atoms with Gasteiger partial charge in [0.05, 0.1) is 11.4 Å². The second-order valence-electron chi connectivity index (χ2n) is 4.01. The van der Waals surface area contributed by atoms with Crippen LogP contribution in [0.1, 0.15) is 5.56 Å². The predicted octanol–water partition coefficient (Wildman–Crippen LogP) is 0.737. The summed E-state index contributed by atoms with van der Waals surface area (Å²) in [4.78, 5) is 12.5. The summed E-state index contributed by atoms with van der Waals surface area (Å²) in [5, 5.41) is 2.49. The summed E-state index contributed by atoms with van der Waals surface area (Å²) in [7, 11) is -2.28. The van der Waals surface area contributed by atoms with E-state index in [9.17, 15) is 13.2 Å². The smallest absolute Gasteiger partial charge is 0.322 e. The van der Waals surface area contributed by atoms with Crippen molar-refractivity contribution >= 4 is 21.9 Å². The molecular formula is C11H13N3O3S. The van der Waals surface area contributed by atoms with Crippen LogP contribution >= 0.6 is 0 Å². The number of hydrogen-bond donors (Lipinski definition) is 1. The third-order valence-corrected chi connectivity index (χ3v) is 3.95. The monoisotopic (exact) mass is 267 g/mol. The Balaban J connectivity index is 2.36. The number of carbonyl (C=O) groups excluding carboxylic acids is 1. The lowest BCUT2D eigenvalue weighted by molar-refractivity contribution is 0.233. The maximum atomic E-state index is 12.0. The first-order valence-corrected chi connectivity index (χ1v) is 6.76. The molecule has 0 aromatic heterocycles. The van der Waals surface area contributed by atoms with Crippen LogP contribution in [-0.4, -0.2) is 38.8 Å². The fourth-order valence-corrected chi connectivity index (χ4v) is 2.55. The van der Waals surface area contributed by atoms with Crippen LogP contribution in [0.2, 0.25) is 0 Å². The number of urea groups is 1. The van der Waals surface area contributed by atoms with Gasteiger partial charge < -0.3 is 5.32 Å². The summed E-state index contributed by atoms with van der Waals surface area (Å²) in [5.41, 5.74) is 0.969. The number of nitrogens with zero attached hydrogens (tertiary/aromatic N) is 2. The minimum Gasteiger partial charge on any atom is -0.330 e. The zero-order valence-corrected chi connectivity index (χ0v) is 10.9. The Morgan fingerprint density at radius 1 is 1.28 bits per heavy atom. The van der Waals surface area contributed by atoms with Gasteiger partial charge in [0.1, 0.15) is 5.84 Å². The maximum absolute atomic E-state index is 12.0. The molecule has 1 N–H and O–H groups in total. The molecule has 1 aliphatic rings. The molecule has 0 unspecified atom stereocenters. The molecule has 2 amide bonds. The Morgan fingerprint density at radius 3 is 2.39 bits per heavy atom. The molecule has 1 aromatic rings. The van der Waals surface area contributed by atoms with E-state index >= 15 is 0 Å². The molecule has 0 bridgehead atoms. The number of sulfonamides is 1. The van der Waals surface area contributed by atoms with Crippen molar-refractivity contribution in [2.45, 2.75) is 11.8 Å². The fraction of sp³-hybridized carbons (Fsp3) is 0.273. The van der Waals surface area contributed by atoms with E-state index in [1.807, 2.05) is 6.92 Å². The fourth-order valence-electron chi connectivity index (χ4n) is 1.50. The standard InChI is InChI=1S/C11H13N3O3S/c1-8-3-5-9(6-4-8)18(16,17)13-10-7-12-11(15)14(10)2/h3-6H,7H2,1-2H3,(H,12,15). The van der Waals surface area contributed by atoms with Gasteiger partial charge >= 0.3 is 6.03 Å². The van der Waals surface area contributed by atoms with Crippen molar-refractivity contribution in [2.24, 2.45) is 4.40 Å². The molecule has 7 heteroatoms. The van der Waals surface area contributed by atoms with Crippen LogP contribution in [0.25, 0.3) is 0 Å². The Bertz CT molecular complexity index is 605. The molecule has 0 radical (unpaired) electrons. The Hall–Kier alpha value is -1.89. The number of likely N-dealkylation sites (N-methyl/N-ethyl adjacent to an activating group) is 1. The van der Waals surface area contributed by atoms with E-state index in [1.165, 1.54) is 24.1 Å². The van der Waals surface area contributed by atoms with E-state index in [1.54, 1.807) is 12.1 Å². The number of rotatable bonds is 2. The highest BCUT2D eigenvalue weighted by Crippen LogP contribution is 2.14. The topological polar surface area (TPSA) is 78.8 Å². The van der Waals surface area contributed by atoms with Crippen molar-refractivity contribution < 1.29 is 13.2 Å². The van der Waals surface area contributed by atoms with Crippen LogP contribution in [0.5, 0.6) is 0 Å².